The molecule has 0 aromatic carbocycles. The Morgan fingerprint density at radius 3 is 1.89 bits per heavy atom. The summed E-state index contributed by atoms with van der Waals surface area (Å²) in [7, 11) is 0. The van der Waals surface area contributed by atoms with E-state index in [0.29, 0.717) is 12.8 Å². The maximum absolute atomic E-state index is 9.10. The highest BCUT2D eigenvalue weighted by molar-refractivity contribution is 4.99. The molecule has 1 heterocycles. The van der Waals surface area contributed by atoms with Gasteiger partial charge in [0.05, 0.1) is 12.2 Å². The molecule has 0 spiro atoms. The van der Waals surface area contributed by atoms with Crippen LogP contribution in [0.25, 0.3) is 0 Å². The summed E-state index contributed by atoms with van der Waals surface area (Å²) in [6.45, 7) is 0. The van der Waals surface area contributed by atoms with Crippen molar-refractivity contribution in [2.75, 3.05) is 0 Å². The summed E-state index contributed by atoms with van der Waals surface area (Å²) in [6.07, 6.45) is 0.629. The summed E-state index contributed by atoms with van der Waals surface area (Å²) in [6, 6.07) is 0. The third-order valence-corrected chi connectivity index (χ3v) is 2.08. The van der Waals surface area contributed by atoms with Crippen LogP contribution >= 0.6 is 0 Å². The van der Waals surface area contributed by atoms with Crippen molar-refractivity contribution in [1.82, 2.24) is 0 Å². The maximum atomic E-state index is 9.10. The van der Waals surface area contributed by atoms with Gasteiger partial charge < -0.3 is 14.9 Å². The molecule has 3 heteroatoms. The van der Waals surface area contributed by atoms with E-state index in [1.807, 2.05) is 0 Å². The molecular formula is C6H10O3. The molecule has 1 aliphatic heterocycles. The molecule has 2 aliphatic rings. The Morgan fingerprint density at radius 2 is 1.44 bits per heavy atom. The Morgan fingerprint density at radius 1 is 1.00 bits per heavy atom. The molecule has 0 radical (unpaired) electrons. The molecule has 0 amide bonds. The van der Waals surface area contributed by atoms with Crippen molar-refractivity contribution in [2.45, 2.75) is 37.3 Å². The topological polar surface area (TPSA) is 53.0 Å². The minimum atomic E-state index is -0.321. The minimum absolute atomic E-state index is 0.0475. The molecule has 0 bridgehead atoms. The van der Waals surface area contributed by atoms with Crippen molar-refractivity contribution in [3.8, 4) is 0 Å². The molecule has 1 aliphatic carbocycles. The molecule has 0 unspecified atom stereocenters. The Kier molecular flexibility index (Phi) is 1.06. The number of fused-ring (bicyclic) bond motifs is 1. The van der Waals surface area contributed by atoms with Gasteiger partial charge in [-0.3, -0.25) is 0 Å². The first-order valence-electron chi connectivity index (χ1n) is 3.30. The van der Waals surface area contributed by atoms with Crippen molar-refractivity contribution < 1.29 is 14.9 Å². The average Bonchev–Trinajstić information content (AvgIpc) is 2.57. The summed E-state index contributed by atoms with van der Waals surface area (Å²) in [5, 5.41) is 18.2. The van der Waals surface area contributed by atoms with Gasteiger partial charge in [0.2, 0.25) is 0 Å². The molecule has 2 N–H and O–H groups in total. The second-order valence-corrected chi connectivity index (χ2v) is 2.78. The molecule has 0 aromatic heterocycles. The summed E-state index contributed by atoms with van der Waals surface area (Å²) in [5.41, 5.74) is 0. The van der Waals surface area contributed by atoms with Gasteiger partial charge in [-0.15, -0.1) is 0 Å². The van der Waals surface area contributed by atoms with E-state index in [4.69, 9.17) is 14.9 Å². The number of hydrogen-bond acceptors (Lipinski definition) is 3. The number of aliphatic hydroxyl groups excluding tert-OH is 2. The fraction of sp³-hybridized carbons (Fsp3) is 1.00. The first-order chi connectivity index (χ1) is 4.29. The lowest BCUT2D eigenvalue weighted by Gasteiger charge is -2.15. The Hall–Kier alpha value is -0.120. The Labute approximate surface area is 53.3 Å². The predicted molar refractivity (Wildman–Crippen MR) is 29.9 cm³/mol. The second kappa shape index (κ2) is 1.68. The van der Waals surface area contributed by atoms with Gasteiger partial charge in [0.25, 0.3) is 0 Å². The number of ether oxygens (including phenoxy) is 1. The van der Waals surface area contributed by atoms with Gasteiger partial charge in [0, 0.05) is 0 Å². The van der Waals surface area contributed by atoms with Gasteiger partial charge >= 0.3 is 0 Å². The van der Waals surface area contributed by atoms with Gasteiger partial charge in [0.15, 0.2) is 0 Å². The van der Waals surface area contributed by atoms with Crippen LogP contribution in [0.5, 0.6) is 0 Å². The molecule has 1 saturated heterocycles. The van der Waals surface area contributed by atoms with Crippen LogP contribution in [-0.4, -0.2) is 34.6 Å². The van der Waals surface area contributed by atoms with Gasteiger partial charge in [-0.25, -0.2) is 0 Å². The van der Waals surface area contributed by atoms with Crippen molar-refractivity contribution >= 4 is 0 Å². The molecule has 3 nitrogen and oxygen atoms in total. The monoisotopic (exact) mass is 130 g/mol. The van der Waals surface area contributed by atoms with Crippen LogP contribution in [-0.2, 0) is 4.74 Å². The van der Waals surface area contributed by atoms with E-state index in [1.54, 1.807) is 0 Å². The van der Waals surface area contributed by atoms with E-state index in [1.165, 1.54) is 0 Å². The van der Waals surface area contributed by atoms with Gasteiger partial charge in [-0.05, 0) is 12.8 Å². The van der Waals surface area contributed by atoms with E-state index in [9.17, 15) is 0 Å². The zero-order valence-corrected chi connectivity index (χ0v) is 5.03. The number of epoxide rings is 1. The van der Waals surface area contributed by atoms with E-state index in [-0.39, 0.29) is 24.4 Å². The normalized spacial score (nSPS) is 56.7. The van der Waals surface area contributed by atoms with Crippen LogP contribution in [0.1, 0.15) is 12.8 Å². The van der Waals surface area contributed by atoms with Crippen LogP contribution in [0, 0.1) is 0 Å². The van der Waals surface area contributed by atoms with Crippen molar-refractivity contribution in [3.05, 3.63) is 0 Å². The molecule has 1 saturated carbocycles. The zero-order chi connectivity index (χ0) is 6.43. The maximum Gasteiger partial charge on any atom is 0.113 e. The number of hydrogen-bond donors (Lipinski definition) is 2. The van der Waals surface area contributed by atoms with Crippen LogP contribution in [0.15, 0.2) is 0 Å². The van der Waals surface area contributed by atoms with Gasteiger partial charge in [-0.1, -0.05) is 0 Å². The second-order valence-electron chi connectivity index (χ2n) is 2.78. The third kappa shape index (κ3) is 0.764. The molecule has 0 aromatic rings. The highest BCUT2D eigenvalue weighted by atomic mass is 16.6. The quantitative estimate of drug-likeness (QED) is 0.425. The Bertz CT molecular complexity index is 111. The van der Waals surface area contributed by atoms with Crippen LogP contribution in [0.2, 0.25) is 0 Å². The molecule has 52 valence electrons. The van der Waals surface area contributed by atoms with Crippen molar-refractivity contribution in [3.63, 3.8) is 0 Å². The molecule has 4 atom stereocenters. The minimum Gasteiger partial charge on any atom is -0.390 e. The van der Waals surface area contributed by atoms with E-state index < -0.39 is 0 Å². The number of rotatable bonds is 0. The zero-order valence-electron chi connectivity index (χ0n) is 5.03. The summed E-state index contributed by atoms with van der Waals surface area (Å²) < 4.78 is 5.00. The van der Waals surface area contributed by atoms with Gasteiger partial charge in [-0.2, -0.15) is 0 Å². The highest BCUT2D eigenvalue weighted by Crippen LogP contribution is 2.36. The fourth-order valence-electron chi connectivity index (χ4n) is 1.43. The first-order valence-corrected chi connectivity index (χ1v) is 3.30. The van der Waals surface area contributed by atoms with Crippen LogP contribution in [0.3, 0.4) is 0 Å². The van der Waals surface area contributed by atoms with Gasteiger partial charge in [0.1, 0.15) is 12.2 Å². The lowest BCUT2D eigenvalue weighted by Crippen LogP contribution is -2.30. The van der Waals surface area contributed by atoms with Crippen LogP contribution < -0.4 is 0 Å². The third-order valence-electron chi connectivity index (χ3n) is 2.08. The van der Waals surface area contributed by atoms with Crippen molar-refractivity contribution in [1.29, 1.82) is 0 Å². The Balaban J connectivity index is 2.01. The lowest BCUT2D eigenvalue weighted by atomic mass is 9.95. The molecular weight excluding hydrogens is 120 g/mol. The van der Waals surface area contributed by atoms with E-state index >= 15 is 0 Å². The number of aliphatic hydroxyl groups is 2. The predicted octanol–water partition coefficient (Wildman–Crippen LogP) is -0.731. The van der Waals surface area contributed by atoms with E-state index in [0.717, 1.165) is 0 Å². The SMILES string of the molecule is O[C@@H]1CC[C@H](O)[C@@H]2O[C@@H]21. The lowest BCUT2D eigenvalue weighted by molar-refractivity contribution is 0.0802. The summed E-state index contributed by atoms with van der Waals surface area (Å²) >= 11 is 0. The largest absolute Gasteiger partial charge is 0.390 e. The highest BCUT2D eigenvalue weighted by Gasteiger charge is 2.51. The van der Waals surface area contributed by atoms with E-state index in [2.05, 4.69) is 0 Å². The molecule has 2 rings (SSSR count). The first kappa shape index (κ1) is 5.65. The van der Waals surface area contributed by atoms with Crippen LogP contribution in [0.4, 0.5) is 0 Å². The average molecular weight is 130 g/mol. The molecule has 9 heavy (non-hydrogen) atoms. The summed E-state index contributed by atoms with van der Waals surface area (Å²) in [5.74, 6) is 0. The summed E-state index contributed by atoms with van der Waals surface area (Å²) in [4.78, 5) is 0. The molecule has 2 fully saturated rings. The van der Waals surface area contributed by atoms with Crippen molar-refractivity contribution in [2.24, 2.45) is 0 Å². The smallest absolute Gasteiger partial charge is 0.113 e. The fourth-order valence-corrected chi connectivity index (χ4v) is 1.43. The standard InChI is InChI=1S/C6H10O3/c7-3-1-2-4(8)6-5(3)9-6/h3-8H,1-2H2/t3-,4+,5-,6+.